The maximum absolute atomic E-state index is 13.1. The van der Waals surface area contributed by atoms with E-state index in [1.54, 1.807) is 48.5 Å². The highest BCUT2D eigenvalue weighted by Crippen LogP contribution is 2.27. The van der Waals surface area contributed by atoms with Crippen LogP contribution in [0.25, 0.3) is 10.9 Å². The van der Waals surface area contributed by atoms with Crippen LogP contribution in [0, 0.1) is 0 Å². The second-order valence-electron chi connectivity index (χ2n) is 5.41. The number of rotatable bonds is 5. The van der Waals surface area contributed by atoms with Crippen LogP contribution in [-0.4, -0.2) is 18.1 Å². The van der Waals surface area contributed by atoms with Gasteiger partial charge >= 0.3 is 0 Å². The zero-order chi connectivity index (χ0) is 18.7. The number of hydrogen-bond acceptors (Lipinski definition) is 4. The lowest BCUT2D eigenvalue weighted by molar-refractivity contribution is 0.589. The first-order chi connectivity index (χ1) is 12.4. The summed E-state index contributed by atoms with van der Waals surface area (Å²) in [6, 6.07) is 15.4. The van der Waals surface area contributed by atoms with Crippen molar-refractivity contribution in [1.82, 2.24) is 3.97 Å². The van der Waals surface area contributed by atoms with E-state index < -0.39 is 10.0 Å². The SMILES string of the molecule is C=C(Cl)/N=C(\C=C/N)c1cn(S(=O)(=O)c2ccccc2)c2ccccc12. The fourth-order valence-electron chi connectivity index (χ4n) is 2.67. The van der Waals surface area contributed by atoms with Crippen LogP contribution in [0.3, 0.4) is 0 Å². The molecule has 3 rings (SSSR count). The molecule has 0 aliphatic carbocycles. The summed E-state index contributed by atoms with van der Waals surface area (Å²) in [6.07, 6.45) is 4.39. The van der Waals surface area contributed by atoms with E-state index in [2.05, 4.69) is 11.6 Å². The lowest BCUT2D eigenvalue weighted by Crippen LogP contribution is -2.11. The number of allylic oxidation sites excluding steroid dienone is 1. The highest BCUT2D eigenvalue weighted by Gasteiger charge is 2.22. The van der Waals surface area contributed by atoms with Crippen molar-refractivity contribution in [2.24, 2.45) is 10.7 Å². The Balaban J connectivity index is 2.32. The second kappa shape index (κ2) is 7.19. The average Bonchev–Trinajstić information content (AvgIpc) is 3.02. The molecule has 5 nitrogen and oxygen atoms in total. The number of aromatic nitrogens is 1. The summed E-state index contributed by atoms with van der Waals surface area (Å²) in [6.45, 7) is 3.56. The Morgan fingerprint density at radius 2 is 1.77 bits per heavy atom. The van der Waals surface area contributed by atoms with Crippen molar-refractivity contribution in [3.63, 3.8) is 0 Å². The molecular formula is C19H16ClN3O2S. The molecule has 0 bridgehead atoms. The molecule has 2 aromatic carbocycles. The summed E-state index contributed by atoms with van der Waals surface area (Å²) in [4.78, 5) is 4.36. The molecule has 0 saturated carbocycles. The maximum Gasteiger partial charge on any atom is 0.268 e. The zero-order valence-electron chi connectivity index (χ0n) is 13.7. The van der Waals surface area contributed by atoms with Crippen LogP contribution in [-0.2, 0) is 10.0 Å². The first-order valence-electron chi connectivity index (χ1n) is 7.67. The predicted molar refractivity (Wildman–Crippen MR) is 106 cm³/mol. The number of aliphatic imine (C=N–C) groups is 1. The number of benzene rings is 2. The molecule has 2 N–H and O–H groups in total. The van der Waals surface area contributed by atoms with E-state index in [1.807, 2.05) is 12.1 Å². The molecule has 0 amide bonds. The molecule has 0 spiro atoms. The van der Waals surface area contributed by atoms with E-state index in [1.165, 1.54) is 16.4 Å². The van der Waals surface area contributed by atoms with Crippen LogP contribution >= 0.6 is 11.6 Å². The summed E-state index contributed by atoms with van der Waals surface area (Å²) in [5.41, 5.74) is 7.05. The summed E-state index contributed by atoms with van der Waals surface area (Å²) in [7, 11) is -3.77. The number of halogens is 1. The average molecular weight is 386 g/mol. The quantitative estimate of drug-likeness (QED) is 0.535. The van der Waals surface area contributed by atoms with Crippen molar-refractivity contribution in [3.8, 4) is 0 Å². The Bertz CT molecular complexity index is 1130. The molecule has 0 saturated heterocycles. The van der Waals surface area contributed by atoms with Gasteiger partial charge in [-0.15, -0.1) is 0 Å². The largest absolute Gasteiger partial charge is 0.405 e. The van der Waals surface area contributed by atoms with Crippen LogP contribution in [0.15, 0.2) is 94.7 Å². The molecule has 0 fully saturated rings. The lowest BCUT2D eigenvalue weighted by atomic mass is 10.1. The molecule has 132 valence electrons. The van der Waals surface area contributed by atoms with Crippen molar-refractivity contribution >= 4 is 38.2 Å². The Kier molecular flexibility index (Phi) is 4.97. The number of fused-ring (bicyclic) bond motifs is 1. The first-order valence-corrected chi connectivity index (χ1v) is 9.49. The third kappa shape index (κ3) is 3.29. The Morgan fingerprint density at radius 3 is 2.42 bits per heavy atom. The molecule has 0 radical (unpaired) electrons. The molecule has 0 unspecified atom stereocenters. The van der Waals surface area contributed by atoms with Gasteiger partial charge in [0, 0.05) is 17.1 Å². The van der Waals surface area contributed by atoms with Crippen LogP contribution in [0.1, 0.15) is 5.56 Å². The highest BCUT2D eigenvalue weighted by molar-refractivity contribution is 7.90. The van der Waals surface area contributed by atoms with Gasteiger partial charge in [-0.05, 0) is 30.5 Å². The van der Waals surface area contributed by atoms with Gasteiger partial charge in [0.05, 0.1) is 16.1 Å². The van der Waals surface area contributed by atoms with E-state index in [-0.39, 0.29) is 10.1 Å². The van der Waals surface area contributed by atoms with Gasteiger partial charge in [-0.2, -0.15) is 0 Å². The maximum atomic E-state index is 13.1. The van der Waals surface area contributed by atoms with Gasteiger partial charge in [0.15, 0.2) is 0 Å². The first kappa shape index (κ1) is 18.0. The van der Waals surface area contributed by atoms with Crippen molar-refractivity contribution < 1.29 is 8.42 Å². The molecule has 26 heavy (non-hydrogen) atoms. The van der Waals surface area contributed by atoms with Gasteiger partial charge in [-0.3, -0.25) is 0 Å². The number of nitrogens with zero attached hydrogens (tertiary/aromatic N) is 2. The van der Waals surface area contributed by atoms with E-state index in [4.69, 9.17) is 17.3 Å². The van der Waals surface area contributed by atoms with Gasteiger partial charge in [-0.25, -0.2) is 17.4 Å². The van der Waals surface area contributed by atoms with Gasteiger partial charge in [0.2, 0.25) is 0 Å². The van der Waals surface area contributed by atoms with Gasteiger partial charge in [0.1, 0.15) is 5.16 Å². The minimum absolute atomic E-state index is 0.0702. The van der Waals surface area contributed by atoms with Gasteiger partial charge in [-0.1, -0.05) is 54.6 Å². The predicted octanol–water partition coefficient (Wildman–Crippen LogP) is 3.85. The molecule has 0 atom stereocenters. The second-order valence-corrected chi connectivity index (χ2v) is 7.66. The third-order valence-electron chi connectivity index (χ3n) is 3.75. The molecule has 0 aliphatic heterocycles. The number of nitrogens with two attached hydrogens (primary N) is 1. The highest BCUT2D eigenvalue weighted by atomic mass is 35.5. The van der Waals surface area contributed by atoms with Crippen molar-refractivity contribution in [2.75, 3.05) is 0 Å². The Morgan fingerprint density at radius 1 is 1.12 bits per heavy atom. The molecule has 7 heteroatoms. The van der Waals surface area contributed by atoms with E-state index in [9.17, 15) is 8.42 Å². The fraction of sp³-hybridized carbons (Fsp3) is 0. The molecule has 1 heterocycles. The minimum atomic E-state index is -3.77. The van der Waals surface area contributed by atoms with Gasteiger partial charge < -0.3 is 5.73 Å². The zero-order valence-corrected chi connectivity index (χ0v) is 15.3. The monoisotopic (exact) mass is 385 g/mol. The molecule has 3 aromatic rings. The van der Waals surface area contributed by atoms with Crippen molar-refractivity contribution in [1.29, 1.82) is 0 Å². The number of para-hydroxylation sites is 1. The van der Waals surface area contributed by atoms with E-state index >= 15 is 0 Å². The topological polar surface area (TPSA) is 77.4 Å². The van der Waals surface area contributed by atoms with E-state index in [0.29, 0.717) is 22.2 Å². The molecular weight excluding hydrogens is 370 g/mol. The normalized spacial score (nSPS) is 12.7. The van der Waals surface area contributed by atoms with Crippen LogP contribution < -0.4 is 5.73 Å². The van der Waals surface area contributed by atoms with Crippen LogP contribution in [0.5, 0.6) is 0 Å². The Labute approximate surface area is 156 Å². The number of hydrogen-bond donors (Lipinski definition) is 1. The van der Waals surface area contributed by atoms with Crippen molar-refractivity contribution in [2.45, 2.75) is 4.90 Å². The smallest absolute Gasteiger partial charge is 0.268 e. The summed E-state index contributed by atoms with van der Waals surface area (Å²) < 4.78 is 27.4. The van der Waals surface area contributed by atoms with Crippen LogP contribution in [0.2, 0.25) is 0 Å². The van der Waals surface area contributed by atoms with Gasteiger partial charge in [0.25, 0.3) is 10.0 Å². The van der Waals surface area contributed by atoms with Crippen molar-refractivity contribution in [3.05, 3.63) is 90.4 Å². The minimum Gasteiger partial charge on any atom is -0.405 e. The lowest BCUT2D eigenvalue weighted by Gasteiger charge is -2.07. The van der Waals surface area contributed by atoms with E-state index in [0.717, 1.165) is 0 Å². The standard InChI is InChI=1S/C19H16ClN3O2S/c1-14(20)22-18(11-12-21)17-13-23(19-10-6-5-9-16(17)19)26(24,25)15-7-3-2-4-8-15/h2-13H,1,21H2/b12-11-,22-18+. The van der Waals surface area contributed by atoms with Crippen LogP contribution in [0.4, 0.5) is 0 Å². The molecule has 0 aliphatic rings. The Hall–Kier alpha value is -2.83. The fourth-order valence-corrected chi connectivity index (χ4v) is 4.15. The summed E-state index contributed by atoms with van der Waals surface area (Å²) in [5.74, 6) is 0. The summed E-state index contributed by atoms with van der Waals surface area (Å²) in [5, 5.41) is 0.780. The third-order valence-corrected chi connectivity index (χ3v) is 5.52. The summed E-state index contributed by atoms with van der Waals surface area (Å²) >= 11 is 5.82. The molecule has 1 aromatic heterocycles.